The van der Waals surface area contributed by atoms with Gasteiger partial charge >= 0.3 is 0 Å². The van der Waals surface area contributed by atoms with Gasteiger partial charge in [-0.05, 0) is 19.1 Å². The van der Waals surface area contributed by atoms with Crippen LogP contribution in [0.3, 0.4) is 0 Å². The molecule has 4 nitrogen and oxygen atoms in total. The number of rotatable bonds is 2. The first-order valence-corrected chi connectivity index (χ1v) is 5.10. The first kappa shape index (κ1) is 10.7. The van der Waals surface area contributed by atoms with Gasteiger partial charge in [0.05, 0.1) is 23.2 Å². The second-order valence-corrected chi connectivity index (χ2v) is 3.64. The quantitative estimate of drug-likeness (QED) is 0.494. The van der Waals surface area contributed by atoms with Crippen molar-refractivity contribution in [1.82, 2.24) is 9.78 Å². The molecular formula is C11H10ClN3O. The molecular weight excluding hydrogens is 226 g/mol. The summed E-state index contributed by atoms with van der Waals surface area (Å²) in [5.41, 5.74) is 2.20. The summed E-state index contributed by atoms with van der Waals surface area (Å²) in [5, 5.41) is 16.2. The second kappa shape index (κ2) is 4.37. The molecule has 0 aliphatic carbocycles. The number of nitrogens with zero attached hydrogens (tertiary/aromatic N) is 3. The fraction of sp³-hybridized carbons (Fsp3) is 0.0909. The molecule has 0 aliphatic heterocycles. The Balaban J connectivity index is 2.56. The molecule has 1 aromatic carbocycles. The monoisotopic (exact) mass is 235 g/mol. The highest BCUT2D eigenvalue weighted by molar-refractivity contribution is 6.32. The van der Waals surface area contributed by atoms with E-state index in [1.54, 1.807) is 4.68 Å². The van der Waals surface area contributed by atoms with Gasteiger partial charge in [0, 0.05) is 0 Å². The third-order valence-corrected chi connectivity index (χ3v) is 2.60. The Morgan fingerprint density at radius 1 is 1.38 bits per heavy atom. The third kappa shape index (κ3) is 1.79. The molecule has 0 bridgehead atoms. The fourth-order valence-corrected chi connectivity index (χ4v) is 1.78. The molecule has 0 saturated heterocycles. The number of hydrogen-bond acceptors (Lipinski definition) is 3. The van der Waals surface area contributed by atoms with Gasteiger partial charge < -0.3 is 5.21 Å². The van der Waals surface area contributed by atoms with Crippen LogP contribution in [0.1, 0.15) is 11.3 Å². The van der Waals surface area contributed by atoms with Crippen LogP contribution in [0.25, 0.3) is 5.69 Å². The van der Waals surface area contributed by atoms with E-state index in [4.69, 9.17) is 16.8 Å². The predicted molar refractivity (Wildman–Crippen MR) is 62.7 cm³/mol. The van der Waals surface area contributed by atoms with Crippen LogP contribution in [0.5, 0.6) is 0 Å². The number of para-hydroxylation sites is 1. The van der Waals surface area contributed by atoms with E-state index >= 15 is 0 Å². The lowest BCUT2D eigenvalue weighted by Crippen LogP contribution is -1.95. The first-order valence-electron chi connectivity index (χ1n) is 4.72. The van der Waals surface area contributed by atoms with Crippen molar-refractivity contribution in [2.24, 2.45) is 5.16 Å². The van der Waals surface area contributed by atoms with E-state index in [2.05, 4.69) is 10.3 Å². The summed E-state index contributed by atoms with van der Waals surface area (Å²) in [5.74, 6) is 0. The lowest BCUT2D eigenvalue weighted by Gasteiger charge is -2.01. The molecule has 0 unspecified atom stereocenters. The zero-order valence-corrected chi connectivity index (χ0v) is 9.39. The molecule has 0 spiro atoms. The summed E-state index contributed by atoms with van der Waals surface area (Å²) < 4.78 is 1.61. The lowest BCUT2D eigenvalue weighted by molar-refractivity contribution is 0.322. The van der Waals surface area contributed by atoms with E-state index in [-0.39, 0.29) is 0 Å². The maximum Gasteiger partial charge on any atom is 0.142 e. The molecule has 0 radical (unpaired) electrons. The normalized spacial score (nSPS) is 11.1. The van der Waals surface area contributed by atoms with Gasteiger partial charge in [0.2, 0.25) is 0 Å². The van der Waals surface area contributed by atoms with Crippen LogP contribution in [0, 0.1) is 6.92 Å². The Morgan fingerprint density at radius 2 is 2.06 bits per heavy atom. The fourth-order valence-electron chi connectivity index (χ4n) is 1.46. The number of hydrogen-bond donors (Lipinski definition) is 1. The Morgan fingerprint density at radius 3 is 2.69 bits per heavy atom. The number of aryl methyl sites for hydroxylation is 1. The largest absolute Gasteiger partial charge is 0.411 e. The molecule has 0 fully saturated rings. The van der Waals surface area contributed by atoms with Crippen LogP contribution in [0.4, 0.5) is 0 Å². The zero-order chi connectivity index (χ0) is 11.5. The molecule has 1 heterocycles. The molecule has 0 aliphatic rings. The maximum atomic E-state index is 8.52. The molecule has 1 aromatic heterocycles. The van der Waals surface area contributed by atoms with Crippen LogP contribution < -0.4 is 0 Å². The average Bonchev–Trinajstić information content (AvgIpc) is 2.59. The van der Waals surface area contributed by atoms with Crippen molar-refractivity contribution in [2.45, 2.75) is 6.92 Å². The van der Waals surface area contributed by atoms with Crippen molar-refractivity contribution in [1.29, 1.82) is 0 Å². The minimum absolute atomic E-state index is 0.432. The Bertz CT molecular complexity index is 520. The maximum absolute atomic E-state index is 8.52. The summed E-state index contributed by atoms with van der Waals surface area (Å²) in [7, 11) is 0. The van der Waals surface area contributed by atoms with Crippen LogP contribution in [-0.4, -0.2) is 21.2 Å². The van der Waals surface area contributed by atoms with Crippen molar-refractivity contribution in [2.75, 3.05) is 0 Å². The molecule has 0 amide bonds. The molecule has 16 heavy (non-hydrogen) atoms. The SMILES string of the molecule is Cc1nn(-c2ccccc2)c(Cl)c1/C=N\O. The molecule has 1 N–H and O–H groups in total. The number of benzene rings is 1. The summed E-state index contributed by atoms with van der Waals surface area (Å²) >= 11 is 6.14. The van der Waals surface area contributed by atoms with E-state index in [0.717, 1.165) is 5.69 Å². The van der Waals surface area contributed by atoms with Gasteiger partial charge in [0.1, 0.15) is 5.15 Å². The number of aromatic nitrogens is 2. The lowest BCUT2D eigenvalue weighted by atomic mass is 10.3. The predicted octanol–water partition coefficient (Wildman–Crippen LogP) is 2.64. The van der Waals surface area contributed by atoms with Gasteiger partial charge in [-0.2, -0.15) is 5.10 Å². The van der Waals surface area contributed by atoms with E-state index in [9.17, 15) is 0 Å². The van der Waals surface area contributed by atoms with Crippen molar-refractivity contribution in [3.05, 3.63) is 46.7 Å². The van der Waals surface area contributed by atoms with E-state index in [1.165, 1.54) is 6.21 Å². The number of halogens is 1. The van der Waals surface area contributed by atoms with Crippen LogP contribution in [-0.2, 0) is 0 Å². The first-order chi connectivity index (χ1) is 7.74. The minimum Gasteiger partial charge on any atom is -0.411 e. The highest BCUT2D eigenvalue weighted by Crippen LogP contribution is 2.21. The van der Waals surface area contributed by atoms with E-state index in [1.807, 2.05) is 37.3 Å². The highest BCUT2D eigenvalue weighted by Gasteiger charge is 2.12. The number of oxime groups is 1. The van der Waals surface area contributed by atoms with Gasteiger partial charge in [0.15, 0.2) is 0 Å². The molecule has 2 rings (SSSR count). The zero-order valence-electron chi connectivity index (χ0n) is 8.63. The van der Waals surface area contributed by atoms with Crippen molar-refractivity contribution in [3.8, 4) is 5.69 Å². The summed E-state index contributed by atoms with van der Waals surface area (Å²) in [6.45, 7) is 1.81. The van der Waals surface area contributed by atoms with Crippen molar-refractivity contribution < 1.29 is 5.21 Å². The second-order valence-electron chi connectivity index (χ2n) is 3.28. The van der Waals surface area contributed by atoms with Gasteiger partial charge in [0.25, 0.3) is 0 Å². The minimum atomic E-state index is 0.432. The van der Waals surface area contributed by atoms with Crippen molar-refractivity contribution >= 4 is 17.8 Å². The summed E-state index contributed by atoms with van der Waals surface area (Å²) in [6.07, 6.45) is 1.28. The Labute approximate surface area is 97.8 Å². The molecule has 0 atom stereocenters. The van der Waals surface area contributed by atoms with Crippen LogP contribution in [0.2, 0.25) is 5.15 Å². The van der Waals surface area contributed by atoms with E-state index < -0.39 is 0 Å². The molecule has 5 heteroatoms. The van der Waals surface area contributed by atoms with Gasteiger partial charge in [-0.25, -0.2) is 4.68 Å². The molecule has 0 saturated carbocycles. The topological polar surface area (TPSA) is 50.4 Å². The summed E-state index contributed by atoms with van der Waals surface area (Å²) in [6, 6.07) is 9.53. The van der Waals surface area contributed by atoms with Gasteiger partial charge in [-0.15, -0.1) is 0 Å². The Kier molecular flexibility index (Phi) is 2.92. The van der Waals surface area contributed by atoms with Crippen LogP contribution in [0.15, 0.2) is 35.5 Å². The standard InChI is InChI=1S/C11H10ClN3O/c1-8-10(7-13-16)11(12)15(14-8)9-5-3-2-4-6-9/h2-7,16H,1H3/b13-7-. The molecule has 82 valence electrons. The van der Waals surface area contributed by atoms with Crippen molar-refractivity contribution in [3.63, 3.8) is 0 Å². The summed E-state index contributed by atoms with van der Waals surface area (Å²) in [4.78, 5) is 0. The van der Waals surface area contributed by atoms with Gasteiger partial charge in [-0.1, -0.05) is 35.0 Å². The highest BCUT2D eigenvalue weighted by atomic mass is 35.5. The average molecular weight is 236 g/mol. The third-order valence-electron chi connectivity index (χ3n) is 2.24. The van der Waals surface area contributed by atoms with Gasteiger partial charge in [-0.3, -0.25) is 0 Å². The molecule has 2 aromatic rings. The van der Waals surface area contributed by atoms with Crippen LogP contribution >= 0.6 is 11.6 Å². The Hall–Kier alpha value is -1.81. The smallest absolute Gasteiger partial charge is 0.142 e. The van der Waals surface area contributed by atoms with E-state index in [0.29, 0.717) is 16.4 Å².